The highest BCUT2D eigenvalue weighted by Gasteiger charge is 2.08. The monoisotopic (exact) mass is 252 g/mol. The van der Waals surface area contributed by atoms with Gasteiger partial charge in [0.1, 0.15) is 0 Å². The lowest BCUT2D eigenvalue weighted by molar-refractivity contribution is -0.137. The van der Waals surface area contributed by atoms with Crippen LogP contribution in [0.4, 0.5) is 5.69 Å². The van der Waals surface area contributed by atoms with Gasteiger partial charge in [0.25, 0.3) is 0 Å². The van der Waals surface area contributed by atoms with Crippen LogP contribution in [0.1, 0.15) is 18.4 Å². The Morgan fingerprint density at radius 1 is 1.59 bits per heavy atom. The summed E-state index contributed by atoms with van der Waals surface area (Å²) in [5.41, 5.74) is 1.28. The molecule has 0 aliphatic carbocycles. The van der Waals surface area contributed by atoms with Crippen LogP contribution in [0.3, 0.4) is 0 Å². The van der Waals surface area contributed by atoms with Crippen LogP contribution in [-0.4, -0.2) is 24.7 Å². The molecule has 0 fully saturated rings. The minimum absolute atomic E-state index is 0.125. The number of benzene rings is 1. The minimum atomic E-state index is -0.810. The molecule has 5 heteroatoms. The highest BCUT2D eigenvalue weighted by Crippen LogP contribution is 2.26. The summed E-state index contributed by atoms with van der Waals surface area (Å²) in [6, 6.07) is 7.06. The summed E-state index contributed by atoms with van der Waals surface area (Å²) >= 11 is 6.02. The van der Waals surface area contributed by atoms with Gasteiger partial charge in [0.2, 0.25) is 0 Å². The average Bonchev–Trinajstić information content (AvgIpc) is 2.29. The quantitative estimate of drug-likeness (QED) is 0.875. The van der Waals surface area contributed by atoms with Crippen molar-refractivity contribution in [2.45, 2.75) is 12.8 Å². The molecule has 0 radical (unpaired) electrons. The number of anilines is 1. The molecule has 0 aromatic heterocycles. The SMILES string of the molecule is CN(CCCC(=O)O)c1cc(C#N)ccc1Cl. The number of carboxylic acids is 1. The Hall–Kier alpha value is -1.73. The van der Waals surface area contributed by atoms with Crippen molar-refractivity contribution in [2.24, 2.45) is 0 Å². The van der Waals surface area contributed by atoms with Crippen molar-refractivity contribution < 1.29 is 9.90 Å². The maximum absolute atomic E-state index is 10.4. The fraction of sp³-hybridized carbons (Fsp3) is 0.333. The molecule has 0 unspecified atom stereocenters. The van der Waals surface area contributed by atoms with Gasteiger partial charge >= 0.3 is 5.97 Å². The molecule has 0 saturated carbocycles. The van der Waals surface area contributed by atoms with Gasteiger partial charge in [-0.3, -0.25) is 4.79 Å². The Morgan fingerprint density at radius 3 is 2.88 bits per heavy atom. The molecule has 17 heavy (non-hydrogen) atoms. The zero-order valence-corrected chi connectivity index (χ0v) is 10.2. The average molecular weight is 253 g/mol. The molecular formula is C12H13ClN2O2. The van der Waals surface area contributed by atoms with Crippen molar-refractivity contribution in [3.63, 3.8) is 0 Å². The predicted octanol–water partition coefficient (Wildman–Crippen LogP) is 2.51. The van der Waals surface area contributed by atoms with Gasteiger partial charge < -0.3 is 10.0 Å². The van der Waals surface area contributed by atoms with E-state index in [9.17, 15) is 4.79 Å². The number of hydrogen-bond donors (Lipinski definition) is 1. The maximum Gasteiger partial charge on any atom is 0.303 e. The molecule has 0 spiro atoms. The van der Waals surface area contributed by atoms with E-state index in [4.69, 9.17) is 22.0 Å². The van der Waals surface area contributed by atoms with Gasteiger partial charge in [0.05, 0.1) is 22.3 Å². The normalized spacial score (nSPS) is 9.71. The molecule has 1 N–H and O–H groups in total. The number of halogens is 1. The van der Waals surface area contributed by atoms with Crippen LogP contribution < -0.4 is 4.90 Å². The van der Waals surface area contributed by atoms with E-state index in [-0.39, 0.29) is 6.42 Å². The second-order valence-electron chi connectivity index (χ2n) is 3.70. The molecule has 0 atom stereocenters. The third-order valence-corrected chi connectivity index (χ3v) is 2.69. The topological polar surface area (TPSA) is 64.3 Å². The van der Waals surface area contributed by atoms with Gasteiger partial charge in [0.15, 0.2) is 0 Å². The summed E-state index contributed by atoms with van der Waals surface area (Å²) in [5, 5.41) is 17.9. The molecule has 1 aromatic carbocycles. The Labute approximate surface area is 105 Å². The molecule has 0 bridgehead atoms. The van der Waals surface area contributed by atoms with Gasteiger partial charge in [-0.05, 0) is 24.6 Å². The van der Waals surface area contributed by atoms with E-state index in [0.717, 1.165) is 5.69 Å². The minimum Gasteiger partial charge on any atom is -0.481 e. The summed E-state index contributed by atoms with van der Waals surface area (Å²) in [7, 11) is 1.82. The summed E-state index contributed by atoms with van der Waals surface area (Å²) in [5.74, 6) is -0.810. The molecule has 0 aliphatic rings. The number of aliphatic carboxylic acids is 1. The smallest absolute Gasteiger partial charge is 0.303 e. The van der Waals surface area contributed by atoms with Crippen LogP contribution in [0.2, 0.25) is 5.02 Å². The lowest BCUT2D eigenvalue weighted by atomic mass is 10.2. The summed E-state index contributed by atoms with van der Waals surface area (Å²) in [6.07, 6.45) is 0.666. The largest absolute Gasteiger partial charge is 0.481 e. The van der Waals surface area contributed by atoms with E-state index in [1.165, 1.54) is 0 Å². The lowest BCUT2D eigenvalue weighted by Gasteiger charge is -2.20. The fourth-order valence-corrected chi connectivity index (χ4v) is 1.72. The van der Waals surface area contributed by atoms with Crippen LogP contribution in [0.15, 0.2) is 18.2 Å². The number of carbonyl (C=O) groups is 1. The third kappa shape index (κ3) is 3.97. The fourth-order valence-electron chi connectivity index (χ4n) is 1.46. The van der Waals surface area contributed by atoms with Crippen molar-refractivity contribution in [3.05, 3.63) is 28.8 Å². The molecule has 90 valence electrons. The number of rotatable bonds is 5. The second kappa shape index (κ2) is 6.12. The highest BCUT2D eigenvalue weighted by molar-refractivity contribution is 6.33. The second-order valence-corrected chi connectivity index (χ2v) is 4.10. The van der Waals surface area contributed by atoms with Gasteiger partial charge in [-0.25, -0.2) is 0 Å². The summed E-state index contributed by atoms with van der Waals surface area (Å²) in [4.78, 5) is 12.3. The number of carboxylic acid groups (broad SMARTS) is 1. The van der Waals surface area contributed by atoms with Crippen LogP contribution in [0.25, 0.3) is 0 Å². The molecule has 0 aliphatic heterocycles. The van der Waals surface area contributed by atoms with E-state index < -0.39 is 5.97 Å². The third-order valence-electron chi connectivity index (χ3n) is 2.37. The van der Waals surface area contributed by atoms with Crippen molar-refractivity contribution >= 4 is 23.3 Å². The molecule has 4 nitrogen and oxygen atoms in total. The molecule has 1 aromatic rings. The zero-order chi connectivity index (χ0) is 12.8. The molecule has 1 rings (SSSR count). The van der Waals surface area contributed by atoms with Gasteiger partial charge in [-0.15, -0.1) is 0 Å². The Bertz CT molecular complexity index is 454. The Kier molecular flexibility index (Phi) is 4.80. The van der Waals surface area contributed by atoms with Gasteiger partial charge in [-0.1, -0.05) is 11.6 Å². The Balaban J connectivity index is 2.71. The lowest BCUT2D eigenvalue weighted by Crippen LogP contribution is -2.19. The maximum atomic E-state index is 10.4. The van der Waals surface area contributed by atoms with Crippen molar-refractivity contribution in [2.75, 3.05) is 18.5 Å². The van der Waals surface area contributed by atoms with Gasteiger partial charge in [-0.2, -0.15) is 5.26 Å². The molecular weight excluding hydrogens is 240 g/mol. The van der Waals surface area contributed by atoms with E-state index >= 15 is 0 Å². The first-order valence-corrected chi connectivity index (χ1v) is 5.55. The van der Waals surface area contributed by atoms with E-state index in [0.29, 0.717) is 23.6 Å². The van der Waals surface area contributed by atoms with E-state index in [1.807, 2.05) is 18.0 Å². The van der Waals surface area contributed by atoms with E-state index in [2.05, 4.69) is 0 Å². The summed E-state index contributed by atoms with van der Waals surface area (Å²) < 4.78 is 0. The number of nitrogens with zero attached hydrogens (tertiary/aromatic N) is 2. The number of nitriles is 1. The Morgan fingerprint density at radius 2 is 2.29 bits per heavy atom. The van der Waals surface area contributed by atoms with E-state index in [1.54, 1.807) is 18.2 Å². The van der Waals surface area contributed by atoms with Crippen LogP contribution in [-0.2, 0) is 4.79 Å². The summed E-state index contributed by atoms with van der Waals surface area (Å²) in [6.45, 7) is 0.584. The van der Waals surface area contributed by atoms with Crippen LogP contribution >= 0.6 is 11.6 Å². The zero-order valence-electron chi connectivity index (χ0n) is 9.48. The predicted molar refractivity (Wildman–Crippen MR) is 66.3 cm³/mol. The first-order chi connectivity index (χ1) is 8.04. The molecule has 0 heterocycles. The van der Waals surface area contributed by atoms with Crippen molar-refractivity contribution in [3.8, 4) is 6.07 Å². The molecule has 0 amide bonds. The van der Waals surface area contributed by atoms with Crippen LogP contribution in [0, 0.1) is 11.3 Å². The standard InChI is InChI=1S/C12H13ClN2O2/c1-15(6-2-3-12(16)17)11-7-9(8-14)4-5-10(11)13/h4-5,7H,2-3,6H2,1H3,(H,16,17). The first-order valence-electron chi connectivity index (χ1n) is 5.17. The van der Waals surface area contributed by atoms with Crippen molar-refractivity contribution in [1.82, 2.24) is 0 Å². The van der Waals surface area contributed by atoms with Crippen LogP contribution in [0.5, 0.6) is 0 Å². The first kappa shape index (κ1) is 13.3. The van der Waals surface area contributed by atoms with Crippen molar-refractivity contribution in [1.29, 1.82) is 5.26 Å². The number of hydrogen-bond acceptors (Lipinski definition) is 3. The van der Waals surface area contributed by atoms with Gasteiger partial charge in [0, 0.05) is 20.0 Å². The molecule has 0 saturated heterocycles. The highest BCUT2D eigenvalue weighted by atomic mass is 35.5.